The Balaban J connectivity index is 1.64. The lowest BCUT2D eigenvalue weighted by atomic mass is 9.50. The number of hydrogen-bond acceptors (Lipinski definition) is 3. The van der Waals surface area contributed by atoms with Crippen LogP contribution in [-0.4, -0.2) is 0 Å². The van der Waals surface area contributed by atoms with Crippen LogP contribution >= 0.6 is 11.3 Å². The minimum absolute atomic E-state index is 0.403. The smallest absolute Gasteiger partial charge is 0.0586 e. The third-order valence-corrected chi connectivity index (χ3v) is 6.67. The summed E-state index contributed by atoms with van der Waals surface area (Å²) in [5.74, 6) is 10.7. The molecule has 3 N–H and O–H groups in total. The summed E-state index contributed by atoms with van der Waals surface area (Å²) >= 11 is 1.86. The Kier molecular flexibility index (Phi) is 2.75. The first-order valence-corrected chi connectivity index (χ1v) is 8.22. The van der Waals surface area contributed by atoms with E-state index in [1.54, 1.807) is 0 Å². The molecule has 1 atom stereocenters. The van der Waals surface area contributed by atoms with Gasteiger partial charge in [0.25, 0.3) is 0 Å². The van der Waals surface area contributed by atoms with Crippen molar-refractivity contribution in [2.75, 3.05) is 0 Å². The monoisotopic (exact) mass is 262 g/mol. The zero-order valence-corrected chi connectivity index (χ0v) is 11.5. The Morgan fingerprint density at radius 2 is 1.78 bits per heavy atom. The van der Waals surface area contributed by atoms with Crippen LogP contribution in [0.1, 0.15) is 43.0 Å². The summed E-state index contributed by atoms with van der Waals surface area (Å²) < 4.78 is 0. The lowest BCUT2D eigenvalue weighted by Gasteiger charge is -2.56. The van der Waals surface area contributed by atoms with Crippen LogP contribution in [0.3, 0.4) is 0 Å². The molecule has 0 aromatic carbocycles. The Bertz CT molecular complexity index is 386. The fraction of sp³-hybridized carbons (Fsp3) is 0.733. The number of hydrogen-bond donors (Lipinski definition) is 2. The maximum Gasteiger partial charge on any atom is 0.0586 e. The van der Waals surface area contributed by atoms with E-state index in [4.69, 9.17) is 5.84 Å². The second-order valence-corrected chi connectivity index (χ2v) is 7.65. The van der Waals surface area contributed by atoms with Crippen molar-refractivity contribution in [3.05, 3.63) is 22.4 Å². The van der Waals surface area contributed by atoms with Gasteiger partial charge in [0, 0.05) is 4.88 Å². The van der Waals surface area contributed by atoms with Crippen molar-refractivity contribution in [2.24, 2.45) is 35.4 Å². The summed E-state index contributed by atoms with van der Waals surface area (Å²) in [6.45, 7) is 0. The highest BCUT2D eigenvalue weighted by molar-refractivity contribution is 7.10. The molecular formula is C15H22N2S. The van der Waals surface area contributed by atoms with Crippen LogP contribution in [0, 0.1) is 29.6 Å². The molecule has 1 aromatic heterocycles. The van der Waals surface area contributed by atoms with Gasteiger partial charge in [-0.3, -0.25) is 11.3 Å². The molecule has 18 heavy (non-hydrogen) atoms. The van der Waals surface area contributed by atoms with E-state index in [0.29, 0.717) is 6.04 Å². The number of rotatable bonds is 3. The summed E-state index contributed by atoms with van der Waals surface area (Å²) in [7, 11) is 0. The predicted octanol–water partition coefficient (Wildman–Crippen LogP) is 3.32. The third kappa shape index (κ3) is 1.68. The van der Waals surface area contributed by atoms with Crippen molar-refractivity contribution in [1.82, 2.24) is 5.43 Å². The highest BCUT2D eigenvalue weighted by Crippen LogP contribution is 2.59. The van der Waals surface area contributed by atoms with Crippen LogP contribution in [0.25, 0.3) is 0 Å². The molecule has 1 unspecified atom stereocenters. The van der Waals surface area contributed by atoms with Crippen LogP contribution in [0.2, 0.25) is 0 Å². The van der Waals surface area contributed by atoms with E-state index in [2.05, 4.69) is 22.9 Å². The maximum atomic E-state index is 5.90. The van der Waals surface area contributed by atoms with Gasteiger partial charge >= 0.3 is 0 Å². The molecule has 0 amide bonds. The van der Waals surface area contributed by atoms with Gasteiger partial charge in [-0.25, -0.2) is 0 Å². The average molecular weight is 262 g/mol. The largest absolute Gasteiger partial charge is 0.271 e. The van der Waals surface area contributed by atoms with Gasteiger partial charge in [-0.1, -0.05) is 6.07 Å². The summed E-state index contributed by atoms with van der Waals surface area (Å²) in [5, 5.41) is 2.18. The van der Waals surface area contributed by atoms with E-state index < -0.39 is 0 Å². The molecule has 4 saturated carbocycles. The summed E-state index contributed by atoms with van der Waals surface area (Å²) in [5.41, 5.74) is 3.14. The first-order chi connectivity index (χ1) is 8.85. The third-order valence-electron chi connectivity index (χ3n) is 5.71. The standard InChI is InChI=1S/C15H22N2S/c16-17-15(13-2-1-3-18-13)14-11-5-9-4-10(7-11)8-12(14)6-9/h1-3,9-12,14-15,17H,4-8,16H2. The highest BCUT2D eigenvalue weighted by Gasteiger charge is 2.50. The molecule has 4 aliphatic rings. The predicted molar refractivity (Wildman–Crippen MR) is 74.9 cm³/mol. The number of thiophene rings is 1. The fourth-order valence-electron chi connectivity index (χ4n) is 5.36. The quantitative estimate of drug-likeness (QED) is 0.648. The van der Waals surface area contributed by atoms with Crippen LogP contribution in [0.5, 0.6) is 0 Å². The van der Waals surface area contributed by atoms with E-state index in [0.717, 1.165) is 29.6 Å². The van der Waals surface area contributed by atoms with Gasteiger partial charge in [0.2, 0.25) is 0 Å². The number of hydrazine groups is 1. The van der Waals surface area contributed by atoms with E-state index in [1.807, 2.05) is 11.3 Å². The second kappa shape index (κ2) is 4.32. The second-order valence-electron chi connectivity index (χ2n) is 6.67. The first kappa shape index (κ1) is 11.4. The molecule has 1 aromatic rings. The van der Waals surface area contributed by atoms with E-state index >= 15 is 0 Å². The summed E-state index contributed by atoms with van der Waals surface area (Å²) in [6.07, 6.45) is 7.42. The topological polar surface area (TPSA) is 38.0 Å². The van der Waals surface area contributed by atoms with E-state index in [9.17, 15) is 0 Å². The molecule has 0 spiro atoms. The Morgan fingerprint density at radius 1 is 1.11 bits per heavy atom. The minimum atomic E-state index is 0.403. The fourth-order valence-corrected chi connectivity index (χ4v) is 6.21. The average Bonchev–Trinajstić information content (AvgIpc) is 2.86. The van der Waals surface area contributed by atoms with Gasteiger partial charge in [0.15, 0.2) is 0 Å². The minimum Gasteiger partial charge on any atom is -0.271 e. The zero-order valence-electron chi connectivity index (χ0n) is 10.7. The van der Waals surface area contributed by atoms with Crippen molar-refractivity contribution >= 4 is 11.3 Å². The van der Waals surface area contributed by atoms with Crippen LogP contribution in [0.4, 0.5) is 0 Å². The Morgan fingerprint density at radius 3 is 2.28 bits per heavy atom. The summed E-state index contributed by atoms with van der Waals surface area (Å²) in [4.78, 5) is 1.44. The van der Waals surface area contributed by atoms with Gasteiger partial charge in [-0.05, 0) is 73.1 Å². The normalized spacial score (nSPS) is 43.3. The molecule has 1 heterocycles. The van der Waals surface area contributed by atoms with Crippen LogP contribution < -0.4 is 11.3 Å². The highest BCUT2D eigenvalue weighted by atomic mass is 32.1. The Labute approximate surface area is 113 Å². The number of nitrogens with one attached hydrogen (secondary N) is 1. The zero-order chi connectivity index (χ0) is 12.1. The van der Waals surface area contributed by atoms with Crippen molar-refractivity contribution < 1.29 is 0 Å². The van der Waals surface area contributed by atoms with Gasteiger partial charge in [-0.15, -0.1) is 11.3 Å². The lowest BCUT2D eigenvalue weighted by molar-refractivity contribution is -0.0520. The molecule has 0 radical (unpaired) electrons. The molecule has 2 nitrogen and oxygen atoms in total. The molecule has 0 aliphatic heterocycles. The van der Waals surface area contributed by atoms with Crippen molar-refractivity contribution in [3.63, 3.8) is 0 Å². The molecule has 0 saturated heterocycles. The van der Waals surface area contributed by atoms with Gasteiger partial charge < -0.3 is 0 Å². The first-order valence-electron chi connectivity index (χ1n) is 7.34. The van der Waals surface area contributed by atoms with E-state index in [-0.39, 0.29) is 0 Å². The van der Waals surface area contributed by atoms with Crippen molar-refractivity contribution in [1.29, 1.82) is 0 Å². The SMILES string of the molecule is NNC(c1cccs1)C1C2CC3CC(C2)CC1C3. The van der Waals surface area contributed by atoms with Crippen LogP contribution in [-0.2, 0) is 0 Å². The van der Waals surface area contributed by atoms with Gasteiger partial charge in [0.1, 0.15) is 0 Å². The van der Waals surface area contributed by atoms with Gasteiger partial charge in [0.05, 0.1) is 6.04 Å². The number of nitrogens with two attached hydrogens (primary N) is 1. The molecule has 4 aliphatic carbocycles. The molecular weight excluding hydrogens is 240 g/mol. The van der Waals surface area contributed by atoms with E-state index in [1.165, 1.54) is 37.0 Å². The van der Waals surface area contributed by atoms with Crippen LogP contribution in [0.15, 0.2) is 17.5 Å². The molecule has 3 heteroatoms. The molecule has 4 bridgehead atoms. The maximum absolute atomic E-state index is 5.90. The van der Waals surface area contributed by atoms with Crippen molar-refractivity contribution in [2.45, 2.75) is 38.1 Å². The molecule has 4 fully saturated rings. The van der Waals surface area contributed by atoms with Gasteiger partial charge in [-0.2, -0.15) is 0 Å². The lowest BCUT2D eigenvalue weighted by Crippen LogP contribution is -2.50. The molecule has 5 rings (SSSR count). The van der Waals surface area contributed by atoms with Crippen molar-refractivity contribution in [3.8, 4) is 0 Å². The Hall–Kier alpha value is -0.380. The summed E-state index contributed by atoms with van der Waals surface area (Å²) in [6, 6.07) is 4.81. The molecule has 98 valence electrons.